The highest BCUT2D eigenvalue weighted by Gasteiger charge is 2.31. The van der Waals surface area contributed by atoms with Crippen molar-refractivity contribution in [2.45, 2.75) is 38.8 Å². The molecular weight excluding hydrogens is 396 g/mol. The van der Waals surface area contributed by atoms with Gasteiger partial charge in [-0.3, -0.25) is 9.36 Å². The van der Waals surface area contributed by atoms with Crippen LogP contribution in [0.25, 0.3) is 11.0 Å². The van der Waals surface area contributed by atoms with Gasteiger partial charge in [0.1, 0.15) is 6.54 Å². The lowest BCUT2D eigenvalue weighted by molar-refractivity contribution is 0.110. The van der Waals surface area contributed by atoms with Gasteiger partial charge in [-0.15, -0.1) is 0 Å². The van der Waals surface area contributed by atoms with Crippen molar-refractivity contribution in [2.75, 3.05) is 12.3 Å². The average Bonchev–Trinajstić information content (AvgIpc) is 3.41. The van der Waals surface area contributed by atoms with Gasteiger partial charge >= 0.3 is 0 Å². The number of pyridine rings is 1. The zero-order chi connectivity index (χ0) is 21.5. The maximum absolute atomic E-state index is 13.0. The van der Waals surface area contributed by atoms with Gasteiger partial charge in [-0.1, -0.05) is 35.0 Å². The van der Waals surface area contributed by atoms with E-state index in [2.05, 4.69) is 51.3 Å². The molecule has 2 N–H and O–H groups in total. The number of hydrogen-bond acceptors (Lipinski definition) is 8. The van der Waals surface area contributed by atoms with Gasteiger partial charge in [0.15, 0.2) is 11.5 Å². The van der Waals surface area contributed by atoms with Gasteiger partial charge in [0.05, 0.1) is 18.1 Å². The van der Waals surface area contributed by atoms with Gasteiger partial charge in [0, 0.05) is 12.1 Å². The number of anilines is 1. The van der Waals surface area contributed by atoms with E-state index in [9.17, 15) is 4.79 Å². The lowest BCUT2D eigenvalue weighted by atomic mass is 9.99. The molecule has 1 aliphatic heterocycles. The molecule has 1 aromatic carbocycles. The van der Waals surface area contributed by atoms with Crippen LogP contribution in [-0.2, 0) is 11.3 Å². The molecule has 3 aromatic heterocycles. The van der Waals surface area contributed by atoms with Crippen molar-refractivity contribution in [3.63, 3.8) is 0 Å². The van der Waals surface area contributed by atoms with Crippen molar-refractivity contribution in [2.24, 2.45) is 0 Å². The second-order valence-corrected chi connectivity index (χ2v) is 7.90. The summed E-state index contributed by atoms with van der Waals surface area (Å²) >= 11 is 0. The molecule has 4 aromatic rings. The fraction of sp³-hybridized carbons (Fsp3) is 0.318. The first-order valence-corrected chi connectivity index (χ1v) is 10.1. The van der Waals surface area contributed by atoms with Crippen LogP contribution in [0, 0.1) is 13.8 Å². The Labute approximate surface area is 177 Å². The number of nitrogen functional groups attached to an aromatic ring is 1. The maximum Gasteiger partial charge on any atom is 0.265 e. The maximum atomic E-state index is 13.0. The Morgan fingerprint density at radius 1 is 1.16 bits per heavy atom. The Kier molecular flexibility index (Phi) is 4.74. The number of hydrogen-bond donors (Lipinski definition) is 1. The summed E-state index contributed by atoms with van der Waals surface area (Å²) in [6.45, 7) is 4.46. The minimum Gasteiger partial charge on any atom is -0.373 e. The molecular formula is C22H22N6O3. The van der Waals surface area contributed by atoms with E-state index in [0.29, 0.717) is 29.4 Å². The molecule has 9 nitrogen and oxygen atoms in total. The summed E-state index contributed by atoms with van der Waals surface area (Å²) < 4.78 is 12.7. The summed E-state index contributed by atoms with van der Waals surface area (Å²) in [6, 6.07) is 10.1. The molecule has 2 atom stereocenters. The van der Waals surface area contributed by atoms with Crippen LogP contribution in [0.1, 0.15) is 46.8 Å². The van der Waals surface area contributed by atoms with Crippen LogP contribution in [0.3, 0.4) is 0 Å². The first kappa shape index (κ1) is 19.4. The topological polar surface area (TPSA) is 122 Å². The quantitative estimate of drug-likeness (QED) is 0.537. The molecule has 1 fully saturated rings. The molecule has 0 aliphatic carbocycles. The fourth-order valence-corrected chi connectivity index (χ4v) is 3.91. The predicted octanol–water partition coefficient (Wildman–Crippen LogP) is 2.67. The van der Waals surface area contributed by atoms with Gasteiger partial charge in [-0.2, -0.15) is 9.97 Å². The first-order valence-electron chi connectivity index (χ1n) is 10.1. The largest absolute Gasteiger partial charge is 0.373 e. The molecule has 31 heavy (non-hydrogen) atoms. The second kappa shape index (κ2) is 7.59. The van der Waals surface area contributed by atoms with Gasteiger partial charge in [0.2, 0.25) is 11.8 Å². The van der Waals surface area contributed by atoms with Gasteiger partial charge in [0.25, 0.3) is 5.56 Å². The Bertz CT molecular complexity index is 1310. The smallest absolute Gasteiger partial charge is 0.265 e. The van der Waals surface area contributed by atoms with Gasteiger partial charge < -0.3 is 15.0 Å². The van der Waals surface area contributed by atoms with E-state index in [1.54, 1.807) is 12.3 Å². The van der Waals surface area contributed by atoms with E-state index < -0.39 is 0 Å². The third kappa shape index (κ3) is 3.57. The van der Waals surface area contributed by atoms with Crippen molar-refractivity contribution >= 4 is 17.0 Å². The van der Waals surface area contributed by atoms with E-state index in [4.69, 9.17) is 15.0 Å². The molecule has 4 heterocycles. The lowest BCUT2D eigenvalue weighted by Crippen LogP contribution is -2.26. The van der Waals surface area contributed by atoms with Crippen molar-refractivity contribution in [1.29, 1.82) is 0 Å². The number of nitrogens with two attached hydrogens (primary N) is 1. The molecule has 1 saturated heterocycles. The minimum atomic E-state index is -0.281. The Morgan fingerprint density at radius 3 is 2.77 bits per heavy atom. The SMILES string of the molecule is Cc1ccc([C@H]2C[C@H](c3noc(Cn4c(N)nc5nccc(C)c5c4=O)n3)CO2)cc1. The third-order valence-electron chi connectivity index (χ3n) is 5.68. The predicted molar refractivity (Wildman–Crippen MR) is 114 cm³/mol. The number of benzene rings is 1. The van der Waals surface area contributed by atoms with E-state index in [1.165, 1.54) is 10.1 Å². The van der Waals surface area contributed by atoms with Crippen LogP contribution in [0.2, 0.25) is 0 Å². The van der Waals surface area contributed by atoms with Gasteiger partial charge in [-0.25, -0.2) is 4.98 Å². The van der Waals surface area contributed by atoms with E-state index in [1.807, 2.05) is 6.92 Å². The molecule has 0 saturated carbocycles. The van der Waals surface area contributed by atoms with Crippen LogP contribution >= 0.6 is 0 Å². The number of aromatic nitrogens is 5. The number of aryl methyl sites for hydroxylation is 2. The molecule has 0 radical (unpaired) electrons. The molecule has 0 spiro atoms. The van der Waals surface area contributed by atoms with Crippen LogP contribution < -0.4 is 11.3 Å². The number of nitrogens with zero attached hydrogens (tertiary/aromatic N) is 5. The fourth-order valence-electron chi connectivity index (χ4n) is 3.91. The van der Waals surface area contributed by atoms with Crippen molar-refractivity contribution < 1.29 is 9.26 Å². The average molecular weight is 418 g/mol. The first-order chi connectivity index (χ1) is 15.0. The summed E-state index contributed by atoms with van der Waals surface area (Å²) in [5.41, 5.74) is 9.20. The second-order valence-electron chi connectivity index (χ2n) is 7.90. The molecule has 5 rings (SSSR count). The standard InChI is InChI=1S/C22H22N6O3/c1-12-3-5-14(6-4-12)16-9-15(11-30-16)19-25-17(31-27-19)10-28-21(29)18-13(2)7-8-24-20(18)26-22(28)23/h3-8,15-16H,9-11H2,1-2H3,(H2,23,24,26)/t15-,16+/m0/s1. The lowest BCUT2D eigenvalue weighted by Gasteiger charge is -2.09. The summed E-state index contributed by atoms with van der Waals surface area (Å²) in [5.74, 6) is 0.950. The van der Waals surface area contributed by atoms with Crippen LogP contribution in [-0.4, -0.2) is 31.3 Å². The highest BCUT2D eigenvalue weighted by Crippen LogP contribution is 2.37. The molecule has 0 amide bonds. The highest BCUT2D eigenvalue weighted by molar-refractivity contribution is 5.78. The van der Waals surface area contributed by atoms with Crippen molar-refractivity contribution in [3.05, 3.63) is 75.3 Å². The number of fused-ring (bicyclic) bond motifs is 1. The van der Waals surface area contributed by atoms with E-state index in [0.717, 1.165) is 17.5 Å². The Balaban J connectivity index is 1.37. The van der Waals surface area contributed by atoms with Crippen LogP contribution in [0.15, 0.2) is 45.8 Å². The van der Waals surface area contributed by atoms with Crippen LogP contribution in [0.4, 0.5) is 5.95 Å². The summed E-state index contributed by atoms with van der Waals surface area (Å²) in [7, 11) is 0. The monoisotopic (exact) mass is 418 g/mol. The third-order valence-corrected chi connectivity index (χ3v) is 5.68. The molecule has 1 aliphatic rings. The zero-order valence-electron chi connectivity index (χ0n) is 17.3. The molecule has 9 heteroatoms. The summed E-state index contributed by atoms with van der Waals surface area (Å²) in [4.78, 5) is 25.8. The van der Waals surface area contributed by atoms with E-state index >= 15 is 0 Å². The normalized spacial score (nSPS) is 18.6. The number of rotatable bonds is 4. The highest BCUT2D eigenvalue weighted by atomic mass is 16.5. The Morgan fingerprint density at radius 2 is 1.97 bits per heavy atom. The van der Waals surface area contributed by atoms with Gasteiger partial charge in [-0.05, 0) is 37.5 Å². The molecule has 0 bridgehead atoms. The van der Waals surface area contributed by atoms with Crippen molar-refractivity contribution in [3.8, 4) is 0 Å². The zero-order valence-corrected chi connectivity index (χ0v) is 17.3. The molecule has 0 unspecified atom stereocenters. The number of ether oxygens (including phenoxy) is 1. The van der Waals surface area contributed by atoms with Crippen LogP contribution in [0.5, 0.6) is 0 Å². The molecule has 158 valence electrons. The Hall–Kier alpha value is -3.59. The summed E-state index contributed by atoms with van der Waals surface area (Å²) in [6.07, 6.45) is 2.38. The van der Waals surface area contributed by atoms with E-state index in [-0.39, 0.29) is 30.1 Å². The minimum absolute atomic E-state index is 0.00553. The summed E-state index contributed by atoms with van der Waals surface area (Å²) in [5, 5.41) is 4.55. The van der Waals surface area contributed by atoms with Crippen molar-refractivity contribution in [1.82, 2.24) is 24.7 Å².